The van der Waals surface area contributed by atoms with Gasteiger partial charge in [-0.25, -0.2) is 18.4 Å². The van der Waals surface area contributed by atoms with Gasteiger partial charge in [0.15, 0.2) is 11.6 Å². The summed E-state index contributed by atoms with van der Waals surface area (Å²) in [7, 11) is 2.18. The minimum Gasteiger partial charge on any atom is -0.466 e. The first-order chi connectivity index (χ1) is 18.2. The third-order valence-corrected chi connectivity index (χ3v) is 6.65. The second-order valence-electron chi connectivity index (χ2n) is 8.81. The Morgan fingerprint density at radius 1 is 1.05 bits per heavy atom. The lowest BCUT2D eigenvalue weighted by Crippen LogP contribution is -2.41. The fourth-order valence-electron chi connectivity index (χ4n) is 4.85. The molecule has 0 spiro atoms. The molecule has 38 heavy (non-hydrogen) atoms. The number of anilines is 2. The van der Waals surface area contributed by atoms with Crippen LogP contribution < -0.4 is 15.5 Å². The molecular weight excluding hydrogens is 498 g/mol. The molecule has 2 aromatic carbocycles. The van der Waals surface area contributed by atoms with Gasteiger partial charge < -0.3 is 25.2 Å². The van der Waals surface area contributed by atoms with Gasteiger partial charge in [-0.2, -0.15) is 5.26 Å². The number of aliphatic hydroxyl groups is 1. The SMILES string of the molecule is COC(=O)C1=C(C(=O)OC)N(c2cc(F)c(N3CCC(O)CC3)c(F)c2)C(N)=C(C#N)C1c1ccccc1. The third kappa shape index (κ3) is 4.66. The van der Waals surface area contributed by atoms with Crippen LogP contribution in [-0.4, -0.2) is 50.5 Å². The largest absolute Gasteiger partial charge is 0.466 e. The average Bonchev–Trinajstić information content (AvgIpc) is 2.92. The van der Waals surface area contributed by atoms with E-state index in [2.05, 4.69) is 0 Å². The van der Waals surface area contributed by atoms with E-state index >= 15 is 8.78 Å². The van der Waals surface area contributed by atoms with Gasteiger partial charge in [-0.3, -0.25) is 4.90 Å². The van der Waals surface area contributed by atoms with Crippen molar-refractivity contribution in [2.24, 2.45) is 5.73 Å². The van der Waals surface area contributed by atoms with Gasteiger partial charge in [0.05, 0.1) is 49.1 Å². The molecular formula is C27H26F2N4O5. The van der Waals surface area contributed by atoms with E-state index < -0.39 is 41.3 Å². The van der Waals surface area contributed by atoms with Gasteiger partial charge in [0.2, 0.25) is 0 Å². The molecule has 2 aliphatic rings. The summed E-state index contributed by atoms with van der Waals surface area (Å²) in [6.45, 7) is 0.495. The molecule has 2 aliphatic heterocycles. The Labute approximate surface area is 217 Å². The summed E-state index contributed by atoms with van der Waals surface area (Å²) in [5.41, 5.74) is 5.49. The molecule has 9 nitrogen and oxygen atoms in total. The van der Waals surface area contributed by atoms with E-state index in [1.165, 1.54) is 4.90 Å². The van der Waals surface area contributed by atoms with Crippen LogP contribution in [0.5, 0.6) is 0 Å². The van der Waals surface area contributed by atoms with Crippen molar-refractivity contribution >= 4 is 23.3 Å². The van der Waals surface area contributed by atoms with Gasteiger partial charge >= 0.3 is 11.9 Å². The number of piperidine rings is 1. The quantitative estimate of drug-likeness (QED) is 0.567. The molecule has 0 aliphatic carbocycles. The molecule has 1 atom stereocenters. The zero-order valence-corrected chi connectivity index (χ0v) is 20.8. The van der Waals surface area contributed by atoms with E-state index in [-0.39, 0.29) is 41.4 Å². The van der Waals surface area contributed by atoms with E-state index in [1.807, 2.05) is 6.07 Å². The van der Waals surface area contributed by atoms with Crippen molar-refractivity contribution in [3.8, 4) is 6.07 Å². The predicted molar refractivity (Wildman–Crippen MR) is 133 cm³/mol. The second-order valence-corrected chi connectivity index (χ2v) is 8.81. The Morgan fingerprint density at radius 3 is 2.16 bits per heavy atom. The zero-order valence-electron chi connectivity index (χ0n) is 20.8. The first-order valence-corrected chi connectivity index (χ1v) is 11.8. The first-order valence-electron chi connectivity index (χ1n) is 11.8. The fourth-order valence-corrected chi connectivity index (χ4v) is 4.85. The lowest BCUT2D eigenvalue weighted by molar-refractivity contribution is -0.139. The number of methoxy groups -OCH3 is 2. The van der Waals surface area contributed by atoms with Crippen molar-refractivity contribution in [2.75, 3.05) is 37.1 Å². The first kappa shape index (κ1) is 26.6. The summed E-state index contributed by atoms with van der Waals surface area (Å²) in [5.74, 6) is -5.28. The number of halogens is 2. The Kier molecular flexibility index (Phi) is 7.64. The number of nitriles is 1. The highest BCUT2D eigenvalue weighted by Gasteiger charge is 2.43. The minimum atomic E-state index is -1.10. The topological polar surface area (TPSA) is 129 Å². The standard InChI is InChI=1S/C27H26F2N4O5/c1-37-26(35)22-21(15-6-4-3-5-7-15)18(14-30)25(31)33(24(22)27(36)38-2)16-12-19(28)23(20(29)13-16)32-10-8-17(34)9-11-32/h3-7,12-13,17,21,34H,8-11,31H2,1-2H3. The highest BCUT2D eigenvalue weighted by Crippen LogP contribution is 2.44. The molecule has 0 amide bonds. The normalized spacial score (nSPS) is 18.4. The monoisotopic (exact) mass is 524 g/mol. The highest BCUT2D eigenvalue weighted by atomic mass is 19.1. The number of hydrogen-bond acceptors (Lipinski definition) is 9. The van der Waals surface area contributed by atoms with Crippen LogP contribution in [0.15, 0.2) is 65.1 Å². The third-order valence-electron chi connectivity index (χ3n) is 6.65. The molecule has 1 fully saturated rings. The predicted octanol–water partition coefficient (Wildman–Crippen LogP) is 2.82. The molecule has 198 valence electrons. The minimum absolute atomic E-state index is 0.126. The van der Waals surface area contributed by atoms with Crippen LogP contribution in [0.1, 0.15) is 24.3 Å². The molecule has 2 aromatic rings. The molecule has 1 unspecified atom stereocenters. The number of carbonyl (C=O) groups excluding carboxylic acids is 2. The number of benzene rings is 2. The number of aliphatic hydroxyl groups excluding tert-OH is 1. The summed E-state index contributed by atoms with van der Waals surface area (Å²) in [6.07, 6.45) is 0.167. The molecule has 2 heterocycles. The number of ether oxygens (including phenoxy) is 2. The van der Waals surface area contributed by atoms with Gasteiger partial charge in [-0.15, -0.1) is 0 Å². The van der Waals surface area contributed by atoms with Crippen LogP contribution in [-0.2, 0) is 19.1 Å². The zero-order chi connectivity index (χ0) is 27.6. The van der Waals surface area contributed by atoms with E-state index in [1.54, 1.807) is 30.3 Å². The summed E-state index contributed by atoms with van der Waals surface area (Å²) in [5, 5.41) is 19.8. The number of nitrogens with zero attached hydrogens (tertiary/aromatic N) is 3. The molecule has 0 saturated carbocycles. The van der Waals surface area contributed by atoms with Crippen molar-refractivity contribution < 1.29 is 33.0 Å². The average molecular weight is 525 g/mol. The molecule has 3 N–H and O–H groups in total. The maximum absolute atomic E-state index is 15.4. The van der Waals surface area contributed by atoms with E-state index in [0.717, 1.165) is 31.3 Å². The lowest BCUT2D eigenvalue weighted by Gasteiger charge is -2.36. The number of rotatable bonds is 5. The molecule has 0 aromatic heterocycles. The summed E-state index contributed by atoms with van der Waals surface area (Å²) < 4.78 is 40.7. The Balaban J connectivity index is 1.95. The van der Waals surface area contributed by atoms with Crippen molar-refractivity contribution in [3.05, 3.63) is 82.3 Å². The smallest absolute Gasteiger partial charge is 0.355 e. The van der Waals surface area contributed by atoms with Crippen LogP contribution in [0, 0.1) is 23.0 Å². The second kappa shape index (κ2) is 10.9. The van der Waals surface area contributed by atoms with Gasteiger partial charge in [0.1, 0.15) is 17.2 Å². The van der Waals surface area contributed by atoms with Gasteiger partial charge in [-0.05, 0) is 18.4 Å². The van der Waals surface area contributed by atoms with Crippen LogP contribution in [0.2, 0.25) is 0 Å². The van der Waals surface area contributed by atoms with Crippen LogP contribution in [0.25, 0.3) is 0 Å². The van der Waals surface area contributed by atoms with Crippen molar-refractivity contribution in [1.29, 1.82) is 5.26 Å². The number of allylic oxidation sites excluding steroid dienone is 1. The van der Waals surface area contributed by atoms with Crippen molar-refractivity contribution in [2.45, 2.75) is 24.9 Å². The Bertz CT molecular complexity index is 1340. The van der Waals surface area contributed by atoms with Crippen LogP contribution >= 0.6 is 0 Å². The summed E-state index contributed by atoms with van der Waals surface area (Å²) >= 11 is 0. The van der Waals surface area contributed by atoms with Gasteiger partial charge in [0.25, 0.3) is 0 Å². The highest BCUT2D eigenvalue weighted by molar-refractivity contribution is 6.06. The van der Waals surface area contributed by atoms with Gasteiger partial charge in [0, 0.05) is 25.2 Å². The van der Waals surface area contributed by atoms with E-state index in [9.17, 15) is 20.0 Å². The molecule has 0 radical (unpaired) electrons. The van der Waals surface area contributed by atoms with E-state index in [0.29, 0.717) is 18.4 Å². The molecule has 11 heteroatoms. The lowest BCUT2D eigenvalue weighted by atomic mass is 9.81. The maximum atomic E-state index is 15.4. The number of esters is 2. The van der Waals surface area contributed by atoms with E-state index in [4.69, 9.17) is 15.2 Å². The fraction of sp³-hybridized carbons (Fsp3) is 0.296. The van der Waals surface area contributed by atoms with Crippen molar-refractivity contribution in [1.82, 2.24) is 0 Å². The Hall–Kier alpha value is -4.43. The number of carbonyl (C=O) groups is 2. The van der Waals surface area contributed by atoms with Crippen molar-refractivity contribution in [3.63, 3.8) is 0 Å². The summed E-state index contributed by atoms with van der Waals surface area (Å²) in [6, 6.07) is 12.3. The number of hydrogen-bond donors (Lipinski definition) is 2. The molecule has 0 bridgehead atoms. The van der Waals surface area contributed by atoms with Crippen LogP contribution in [0.4, 0.5) is 20.2 Å². The Morgan fingerprint density at radius 2 is 1.63 bits per heavy atom. The number of nitrogens with two attached hydrogens (primary N) is 1. The molecule has 1 saturated heterocycles. The summed E-state index contributed by atoms with van der Waals surface area (Å²) in [4.78, 5) is 28.6. The van der Waals surface area contributed by atoms with Crippen LogP contribution in [0.3, 0.4) is 0 Å². The maximum Gasteiger partial charge on any atom is 0.355 e. The van der Waals surface area contributed by atoms with Gasteiger partial charge in [-0.1, -0.05) is 30.3 Å². The molecule has 4 rings (SSSR count).